The van der Waals surface area contributed by atoms with Crippen molar-refractivity contribution in [3.05, 3.63) is 86.6 Å². The molecule has 0 radical (unpaired) electrons. The summed E-state index contributed by atoms with van der Waals surface area (Å²) in [6.07, 6.45) is 5.10. The maximum absolute atomic E-state index is 4.85. The van der Waals surface area contributed by atoms with E-state index in [1.165, 1.54) is 28.4 Å². The lowest BCUT2D eigenvalue weighted by Crippen LogP contribution is -1.92. The standard InChI is InChI=1S/C7H12N2.2C6H10N2.C5H7NO.C5H7NS.5CH4/c1-5-6(2)9(4)7(3)8-5;2*1-5-6(2)8(3)4-7-5;2*1-4-5(2)7-3-6-4;;;;;/h1-4H3;2*4H,1-3H3;2*3H,1-2H3;5*1H4. The molecule has 0 aliphatic rings. The van der Waals surface area contributed by atoms with Crippen LogP contribution in [0.15, 0.2) is 29.0 Å². The first-order valence-corrected chi connectivity index (χ1v) is 13.6. The van der Waals surface area contributed by atoms with E-state index in [0.717, 1.165) is 40.1 Å². The molecule has 0 saturated heterocycles. The Morgan fingerprint density at radius 3 is 1.09 bits per heavy atom. The number of oxazole rings is 1. The fraction of sp³-hybridized carbons (Fsp3) is 0.559. The molecule has 0 atom stereocenters. The van der Waals surface area contributed by atoms with Gasteiger partial charge in [-0.05, 0) is 76.2 Å². The Balaban J connectivity index is -0.000000140. The van der Waals surface area contributed by atoms with Gasteiger partial charge in [0.2, 0.25) is 0 Å². The Hall–Kier alpha value is -3.53. The van der Waals surface area contributed by atoms with Gasteiger partial charge in [0.15, 0.2) is 6.39 Å². The monoisotopic (exact) mass is 635 g/mol. The first kappa shape index (κ1) is 50.1. The van der Waals surface area contributed by atoms with Crippen molar-refractivity contribution in [2.45, 2.75) is 113 Å². The van der Waals surface area contributed by atoms with Crippen LogP contribution in [0.5, 0.6) is 0 Å². The van der Waals surface area contributed by atoms with Gasteiger partial charge in [-0.3, -0.25) is 0 Å². The minimum atomic E-state index is 0. The van der Waals surface area contributed by atoms with Crippen molar-refractivity contribution in [3.63, 3.8) is 0 Å². The van der Waals surface area contributed by atoms with Gasteiger partial charge in [-0.15, -0.1) is 11.3 Å². The molecule has 0 saturated carbocycles. The number of imidazole rings is 3. The second-order valence-electron chi connectivity index (χ2n) is 9.43. The van der Waals surface area contributed by atoms with Gasteiger partial charge >= 0.3 is 0 Å². The Morgan fingerprint density at radius 2 is 1.00 bits per heavy atom. The largest absolute Gasteiger partial charge is 0.449 e. The van der Waals surface area contributed by atoms with Gasteiger partial charge in [0, 0.05) is 43.1 Å². The minimum absolute atomic E-state index is 0. The van der Waals surface area contributed by atoms with Crippen LogP contribution >= 0.6 is 11.3 Å². The van der Waals surface area contributed by atoms with E-state index in [1.54, 1.807) is 11.3 Å². The van der Waals surface area contributed by atoms with Crippen LogP contribution in [0.4, 0.5) is 0 Å². The third-order valence-corrected chi connectivity index (χ3v) is 7.63. The highest BCUT2D eigenvalue weighted by Gasteiger charge is 2.00. The second kappa shape index (κ2) is 23.9. The molecule has 5 aromatic heterocycles. The Morgan fingerprint density at radius 1 is 0.545 bits per heavy atom. The van der Waals surface area contributed by atoms with Crippen molar-refractivity contribution < 1.29 is 4.42 Å². The van der Waals surface area contributed by atoms with Gasteiger partial charge < -0.3 is 18.1 Å². The van der Waals surface area contributed by atoms with Crippen LogP contribution < -0.4 is 0 Å². The highest BCUT2D eigenvalue weighted by molar-refractivity contribution is 7.09. The highest BCUT2D eigenvalue weighted by Crippen LogP contribution is 2.08. The molecule has 5 heterocycles. The molecule has 0 aromatic carbocycles. The summed E-state index contributed by atoms with van der Waals surface area (Å²) < 4.78 is 11.0. The molecular formula is C34H66N8OS. The van der Waals surface area contributed by atoms with E-state index < -0.39 is 0 Å². The van der Waals surface area contributed by atoms with Gasteiger partial charge in [0.1, 0.15) is 11.6 Å². The van der Waals surface area contributed by atoms with E-state index in [4.69, 9.17) is 4.42 Å². The number of rotatable bonds is 0. The van der Waals surface area contributed by atoms with Crippen LogP contribution in [0.2, 0.25) is 0 Å². The average Bonchev–Trinajstić information content (AvgIpc) is 3.67. The molecular weight excluding hydrogens is 568 g/mol. The lowest BCUT2D eigenvalue weighted by Gasteiger charge is -1.94. The molecule has 0 N–H and O–H groups in total. The number of hydrogen-bond donors (Lipinski definition) is 0. The molecule has 0 unspecified atom stereocenters. The summed E-state index contributed by atoms with van der Waals surface area (Å²) in [7, 11) is 6.02. The number of aryl methyl sites for hydroxylation is 10. The third-order valence-electron chi connectivity index (χ3n) is 6.77. The SMILES string of the molecule is C.C.C.C.C.Cc1nc(C)n(C)c1C.Cc1ncn(C)c1C.Cc1ncn(C)c1C.Cc1ncoc1C.Cc1ncsc1C. The summed E-state index contributed by atoms with van der Waals surface area (Å²) >= 11 is 1.69. The van der Waals surface area contributed by atoms with Crippen molar-refractivity contribution in [1.82, 2.24) is 38.6 Å². The molecule has 0 bridgehead atoms. The number of thiazole rings is 1. The smallest absolute Gasteiger partial charge is 0.181 e. The van der Waals surface area contributed by atoms with E-state index in [0.29, 0.717) is 0 Å². The lowest BCUT2D eigenvalue weighted by atomic mass is 10.4. The van der Waals surface area contributed by atoms with Gasteiger partial charge in [-0.1, -0.05) is 37.1 Å². The Kier molecular flexibility index (Phi) is 27.2. The zero-order valence-electron chi connectivity index (χ0n) is 26.2. The van der Waals surface area contributed by atoms with Crippen LogP contribution in [0.3, 0.4) is 0 Å². The fourth-order valence-electron chi connectivity index (χ4n) is 2.82. The molecule has 9 nitrogen and oxygen atoms in total. The van der Waals surface area contributed by atoms with Crippen LogP contribution in [-0.2, 0) is 21.1 Å². The summed E-state index contributed by atoms with van der Waals surface area (Å²) in [5.41, 5.74) is 11.1. The fourth-order valence-corrected chi connectivity index (χ4v) is 3.41. The molecule has 254 valence electrons. The quantitative estimate of drug-likeness (QED) is 0.168. The Labute approximate surface area is 274 Å². The van der Waals surface area contributed by atoms with E-state index in [2.05, 4.69) is 57.2 Å². The van der Waals surface area contributed by atoms with E-state index in [-0.39, 0.29) is 37.1 Å². The van der Waals surface area contributed by atoms with Gasteiger partial charge in [0.25, 0.3) is 0 Å². The zero-order chi connectivity index (χ0) is 29.9. The summed E-state index contributed by atoms with van der Waals surface area (Å²) in [6.45, 7) is 22.2. The second-order valence-corrected chi connectivity index (χ2v) is 10.5. The van der Waals surface area contributed by atoms with Crippen LogP contribution in [0.1, 0.15) is 99.1 Å². The van der Waals surface area contributed by atoms with Crippen LogP contribution in [-0.4, -0.2) is 38.6 Å². The van der Waals surface area contributed by atoms with Gasteiger partial charge in [-0.25, -0.2) is 24.9 Å². The normalized spacial score (nSPS) is 8.68. The zero-order valence-corrected chi connectivity index (χ0v) is 27.0. The molecule has 5 rings (SSSR count). The van der Waals surface area contributed by atoms with Crippen molar-refractivity contribution >= 4 is 11.3 Å². The number of hydrogen-bond acceptors (Lipinski definition) is 7. The summed E-state index contributed by atoms with van der Waals surface area (Å²) in [4.78, 5) is 21.6. The van der Waals surface area contributed by atoms with Crippen LogP contribution in [0.25, 0.3) is 0 Å². The summed E-state index contributed by atoms with van der Waals surface area (Å²) in [5, 5.41) is 0. The van der Waals surface area contributed by atoms with E-state index in [9.17, 15) is 0 Å². The van der Waals surface area contributed by atoms with Crippen molar-refractivity contribution in [2.24, 2.45) is 21.1 Å². The maximum Gasteiger partial charge on any atom is 0.181 e. The summed E-state index contributed by atoms with van der Waals surface area (Å²) in [6, 6.07) is 0. The van der Waals surface area contributed by atoms with Crippen LogP contribution in [0, 0.1) is 76.2 Å². The first-order chi connectivity index (χ1) is 18.2. The molecule has 5 aromatic rings. The van der Waals surface area contributed by atoms with E-state index in [1.807, 2.05) is 96.9 Å². The van der Waals surface area contributed by atoms with Gasteiger partial charge in [0.05, 0.1) is 46.6 Å². The molecule has 10 heteroatoms. The number of aromatic nitrogens is 8. The van der Waals surface area contributed by atoms with Crippen molar-refractivity contribution in [3.8, 4) is 0 Å². The highest BCUT2D eigenvalue weighted by atomic mass is 32.1. The topological polar surface area (TPSA) is 92.4 Å². The Bertz CT molecular complexity index is 1240. The number of nitrogens with zero attached hydrogens (tertiary/aromatic N) is 8. The lowest BCUT2D eigenvalue weighted by molar-refractivity contribution is 0.525. The van der Waals surface area contributed by atoms with Gasteiger partial charge in [-0.2, -0.15) is 0 Å². The average molecular weight is 635 g/mol. The molecule has 0 spiro atoms. The minimum Gasteiger partial charge on any atom is -0.449 e. The third kappa shape index (κ3) is 15.8. The molecule has 0 aliphatic carbocycles. The summed E-state index contributed by atoms with van der Waals surface area (Å²) in [5.74, 6) is 1.99. The predicted octanol–water partition coefficient (Wildman–Crippen LogP) is 9.65. The molecule has 0 aliphatic heterocycles. The molecule has 0 fully saturated rings. The van der Waals surface area contributed by atoms with Crippen molar-refractivity contribution in [1.29, 1.82) is 0 Å². The van der Waals surface area contributed by atoms with Crippen molar-refractivity contribution in [2.75, 3.05) is 0 Å². The van der Waals surface area contributed by atoms with E-state index >= 15 is 0 Å². The predicted molar refractivity (Wildman–Crippen MR) is 194 cm³/mol. The molecule has 44 heavy (non-hydrogen) atoms. The first-order valence-electron chi connectivity index (χ1n) is 12.8. The maximum atomic E-state index is 4.85. The molecule has 0 amide bonds.